The summed E-state index contributed by atoms with van der Waals surface area (Å²) in [4.78, 5) is 12.5. The number of nitrogens with two attached hydrogens (primary N) is 1. The molecule has 8 heteroatoms. The second-order valence-corrected chi connectivity index (χ2v) is 4.20. The Bertz CT molecular complexity index is 501. The lowest BCUT2D eigenvalue weighted by atomic mass is 10.1. The van der Waals surface area contributed by atoms with Crippen LogP contribution in [0.15, 0.2) is 12.1 Å². The van der Waals surface area contributed by atoms with Crippen molar-refractivity contribution in [1.29, 1.82) is 0 Å². The Morgan fingerprint density at radius 2 is 1.80 bits per heavy atom. The molecular formula is C12H13F5N2O. The fraction of sp³-hybridized carbons (Fsp3) is 0.417. The van der Waals surface area contributed by atoms with Crippen LogP contribution in [0.5, 0.6) is 0 Å². The lowest BCUT2D eigenvalue weighted by Gasteiger charge is -2.24. The maximum atomic E-state index is 13.1. The van der Waals surface area contributed by atoms with Crippen molar-refractivity contribution in [2.75, 3.05) is 18.8 Å². The zero-order valence-electron chi connectivity index (χ0n) is 10.6. The van der Waals surface area contributed by atoms with Crippen LogP contribution >= 0.6 is 0 Å². The van der Waals surface area contributed by atoms with Crippen molar-refractivity contribution < 1.29 is 26.7 Å². The molecule has 0 bridgehead atoms. The topological polar surface area (TPSA) is 46.3 Å². The van der Waals surface area contributed by atoms with E-state index in [1.165, 1.54) is 0 Å². The van der Waals surface area contributed by atoms with Gasteiger partial charge in [0.1, 0.15) is 6.54 Å². The molecule has 1 aromatic carbocycles. The van der Waals surface area contributed by atoms with Crippen LogP contribution in [0.2, 0.25) is 0 Å². The smallest absolute Gasteiger partial charge is 0.398 e. The molecule has 0 saturated heterocycles. The predicted octanol–water partition coefficient (Wildman–Crippen LogP) is 2.96. The van der Waals surface area contributed by atoms with E-state index in [-0.39, 0.29) is 13.0 Å². The number of hydrogen-bond donors (Lipinski definition) is 1. The number of alkyl halides is 3. The van der Waals surface area contributed by atoms with Crippen molar-refractivity contribution in [3.63, 3.8) is 0 Å². The minimum Gasteiger partial charge on any atom is -0.398 e. The summed E-state index contributed by atoms with van der Waals surface area (Å²) in [6.45, 7) is -0.0554. The van der Waals surface area contributed by atoms with Gasteiger partial charge in [-0.1, -0.05) is 6.92 Å². The molecule has 0 heterocycles. The van der Waals surface area contributed by atoms with E-state index in [0.29, 0.717) is 17.0 Å². The van der Waals surface area contributed by atoms with Crippen LogP contribution < -0.4 is 5.73 Å². The minimum absolute atomic E-state index is 0.170. The number of halogens is 5. The van der Waals surface area contributed by atoms with E-state index in [1.54, 1.807) is 6.92 Å². The highest BCUT2D eigenvalue weighted by Crippen LogP contribution is 2.22. The third-order valence-electron chi connectivity index (χ3n) is 2.47. The molecule has 0 fully saturated rings. The fourth-order valence-corrected chi connectivity index (χ4v) is 1.66. The van der Waals surface area contributed by atoms with Gasteiger partial charge in [0.25, 0.3) is 5.91 Å². The van der Waals surface area contributed by atoms with E-state index in [0.717, 1.165) is 0 Å². The van der Waals surface area contributed by atoms with Gasteiger partial charge in [-0.15, -0.1) is 0 Å². The molecule has 0 unspecified atom stereocenters. The molecule has 1 rings (SSSR count). The summed E-state index contributed by atoms with van der Waals surface area (Å²) < 4.78 is 63.1. The van der Waals surface area contributed by atoms with Crippen molar-refractivity contribution in [2.24, 2.45) is 0 Å². The molecule has 0 radical (unpaired) electrons. The molecule has 0 saturated carbocycles. The third kappa shape index (κ3) is 4.07. The Hall–Kier alpha value is -1.86. The Labute approximate surface area is 112 Å². The Kier molecular flexibility index (Phi) is 4.91. The van der Waals surface area contributed by atoms with Gasteiger partial charge in [0, 0.05) is 18.3 Å². The summed E-state index contributed by atoms with van der Waals surface area (Å²) in [7, 11) is 0. The molecule has 0 spiro atoms. The minimum atomic E-state index is -4.59. The molecule has 1 amide bonds. The highest BCUT2D eigenvalue weighted by Gasteiger charge is 2.33. The quantitative estimate of drug-likeness (QED) is 0.686. The maximum Gasteiger partial charge on any atom is 0.406 e. The van der Waals surface area contributed by atoms with Crippen LogP contribution in [0.1, 0.15) is 23.7 Å². The largest absolute Gasteiger partial charge is 0.406 e. The zero-order chi connectivity index (χ0) is 15.5. The van der Waals surface area contributed by atoms with Gasteiger partial charge in [-0.25, -0.2) is 8.78 Å². The van der Waals surface area contributed by atoms with E-state index in [2.05, 4.69) is 0 Å². The number of anilines is 1. The first-order valence-corrected chi connectivity index (χ1v) is 5.76. The van der Waals surface area contributed by atoms with E-state index < -0.39 is 41.5 Å². The van der Waals surface area contributed by atoms with Crippen molar-refractivity contribution in [3.8, 4) is 0 Å². The summed E-state index contributed by atoms with van der Waals surface area (Å²) in [5.74, 6) is -3.69. The summed E-state index contributed by atoms with van der Waals surface area (Å²) in [6.07, 6.45) is -4.30. The molecule has 0 atom stereocenters. The number of rotatable bonds is 4. The lowest BCUT2D eigenvalue weighted by molar-refractivity contribution is -0.140. The zero-order valence-corrected chi connectivity index (χ0v) is 10.6. The summed E-state index contributed by atoms with van der Waals surface area (Å²) in [6, 6.07) is 1.08. The van der Waals surface area contributed by atoms with Gasteiger partial charge in [0.05, 0.1) is 5.56 Å². The summed E-state index contributed by atoms with van der Waals surface area (Å²) >= 11 is 0. The highest BCUT2D eigenvalue weighted by atomic mass is 19.4. The number of nitrogen functional groups attached to an aromatic ring is 1. The average Bonchev–Trinajstić information content (AvgIpc) is 2.31. The Morgan fingerprint density at radius 1 is 1.25 bits per heavy atom. The van der Waals surface area contributed by atoms with E-state index >= 15 is 0 Å². The van der Waals surface area contributed by atoms with Crippen LogP contribution in [0.3, 0.4) is 0 Å². The standard InChI is InChI=1S/C12H13F5N2O/c1-2-3-19(6-12(15,16)17)11(20)7-4-8(13)9(14)5-10(7)18/h4-5H,2-3,6,18H2,1H3. The van der Waals surface area contributed by atoms with Crippen LogP contribution in [0, 0.1) is 11.6 Å². The van der Waals surface area contributed by atoms with E-state index in [1.807, 2.05) is 0 Å². The molecular weight excluding hydrogens is 283 g/mol. The molecule has 1 aromatic rings. The number of benzene rings is 1. The van der Waals surface area contributed by atoms with Gasteiger partial charge in [-0.2, -0.15) is 13.2 Å². The van der Waals surface area contributed by atoms with Crippen LogP contribution in [0.25, 0.3) is 0 Å². The van der Waals surface area contributed by atoms with Gasteiger partial charge >= 0.3 is 6.18 Å². The highest BCUT2D eigenvalue weighted by molar-refractivity contribution is 5.99. The summed E-state index contributed by atoms with van der Waals surface area (Å²) in [5, 5.41) is 0. The molecule has 0 aliphatic rings. The maximum absolute atomic E-state index is 13.1. The lowest BCUT2D eigenvalue weighted by Crippen LogP contribution is -2.39. The van der Waals surface area contributed by atoms with Crippen LogP contribution in [-0.4, -0.2) is 30.1 Å². The first-order valence-electron chi connectivity index (χ1n) is 5.76. The molecule has 3 nitrogen and oxygen atoms in total. The number of hydrogen-bond acceptors (Lipinski definition) is 2. The first-order chi connectivity index (χ1) is 9.15. The van der Waals surface area contributed by atoms with Crippen molar-refractivity contribution in [2.45, 2.75) is 19.5 Å². The van der Waals surface area contributed by atoms with Gasteiger partial charge in [-0.05, 0) is 12.5 Å². The molecule has 0 aromatic heterocycles. The number of amides is 1. The van der Waals surface area contributed by atoms with Gasteiger partial charge in [-0.3, -0.25) is 4.79 Å². The average molecular weight is 296 g/mol. The normalized spacial score (nSPS) is 11.5. The van der Waals surface area contributed by atoms with Crippen molar-refractivity contribution >= 4 is 11.6 Å². The number of carbonyl (C=O) groups is 1. The monoisotopic (exact) mass is 296 g/mol. The SMILES string of the molecule is CCCN(CC(F)(F)F)C(=O)c1cc(F)c(F)cc1N. The molecule has 2 N–H and O–H groups in total. The van der Waals surface area contributed by atoms with Gasteiger partial charge in [0.2, 0.25) is 0 Å². The number of nitrogens with zero attached hydrogens (tertiary/aromatic N) is 1. The second kappa shape index (κ2) is 6.06. The third-order valence-corrected chi connectivity index (χ3v) is 2.47. The van der Waals surface area contributed by atoms with Crippen molar-refractivity contribution in [1.82, 2.24) is 4.90 Å². The molecule has 112 valence electrons. The van der Waals surface area contributed by atoms with E-state index in [4.69, 9.17) is 5.73 Å². The fourth-order valence-electron chi connectivity index (χ4n) is 1.66. The molecule has 0 aliphatic carbocycles. The first kappa shape index (κ1) is 16.2. The Morgan fingerprint density at radius 3 is 2.30 bits per heavy atom. The van der Waals surface area contributed by atoms with Gasteiger partial charge < -0.3 is 10.6 Å². The van der Waals surface area contributed by atoms with Crippen LogP contribution in [-0.2, 0) is 0 Å². The van der Waals surface area contributed by atoms with Crippen molar-refractivity contribution in [3.05, 3.63) is 29.3 Å². The molecule has 20 heavy (non-hydrogen) atoms. The molecule has 0 aliphatic heterocycles. The second-order valence-electron chi connectivity index (χ2n) is 4.20. The van der Waals surface area contributed by atoms with Gasteiger partial charge in [0.15, 0.2) is 11.6 Å². The summed E-state index contributed by atoms with van der Waals surface area (Å²) in [5.41, 5.74) is 4.46. The number of carbonyl (C=O) groups excluding carboxylic acids is 1. The predicted molar refractivity (Wildman–Crippen MR) is 63.0 cm³/mol. The van der Waals surface area contributed by atoms with E-state index in [9.17, 15) is 26.7 Å². The Balaban J connectivity index is 3.09. The van der Waals surface area contributed by atoms with Crippen LogP contribution in [0.4, 0.5) is 27.6 Å².